The van der Waals surface area contributed by atoms with Gasteiger partial charge in [0, 0.05) is 5.75 Å². The van der Waals surface area contributed by atoms with Crippen LogP contribution in [0.1, 0.15) is 21.7 Å². The SMILES string of the molecule is COC(=O)c1ccc2c(=O)n(Cc3ccco3)c(SCCc3ccc(OC)cc3)nc2c1. The summed E-state index contributed by atoms with van der Waals surface area (Å²) in [6.07, 6.45) is 2.37. The van der Waals surface area contributed by atoms with Crippen molar-refractivity contribution in [3.63, 3.8) is 0 Å². The Bertz CT molecular complexity index is 1280. The number of carbonyl (C=O) groups is 1. The van der Waals surface area contributed by atoms with Crippen molar-refractivity contribution in [3.8, 4) is 5.75 Å². The van der Waals surface area contributed by atoms with Gasteiger partial charge < -0.3 is 13.9 Å². The molecule has 2 aromatic carbocycles. The summed E-state index contributed by atoms with van der Waals surface area (Å²) < 4.78 is 17.1. The van der Waals surface area contributed by atoms with Gasteiger partial charge in [-0.05, 0) is 54.4 Å². The summed E-state index contributed by atoms with van der Waals surface area (Å²) in [6.45, 7) is 0.276. The van der Waals surface area contributed by atoms with Crippen LogP contribution < -0.4 is 10.3 Å². The molecule has 2 aromatic heterocycles. The Hall–Kier alpha value is -3.52. The maximum atomic E-state index is 13.3. The van der Waals surface area contributed by atoms with Gasteiger partial charge in [0.1, 0.15) is 11.5 Å². The molecule has 0 N–H and O–H groups in total. The molecule has 0 saturated heterocycles. The van der Waals surface area contributed by atoms with Gasteiger partial charge in [0.2, 0.25) is 0 Å². The van der Waals surface area contributed by atoms with Gasteiger partial charge in [0.05, 0.1) is 43.5 Å². The highest BCUT2D eigenvalue weighted by Crippen LogP contribution is 2.22. The second-order valence-corrected chi connectivity index (χ2v) is 8.10. The molecule has 2 heterocycles. The van der Waals surface area contributed by atoms with Gasteiger partial charge in [0.15, 0.2) is 5.16 Å². The van der Waals surface area contributed by atoms with Crippen molar-refractivity contribution in [2.45, 2.75) is 18.1 Å². The molecule has 0 radical (unpaired) electrons. The van der Waals surface area contributed by atoms with E-state index in [2.05, 4.69) is 0 Å². The van der Waals surface area contributed by atoms with Crippen molar-refractivity contribution in [2.75, 3.05) is 20.0 Å². The van der Waals surface area contributed by atoms with Crippen LogP contribution in [0, 0.1) is 0 Å². The first-order chi connectivity index (χ1) is 15.6. The van der Waals surface area contributed by atoms with Crippen LogP contribution in [-0.4, -0.2) is 35.5 Å². The topological polar surface area (TPSA) is 83.6 Å². The van der Waals surface area contributed by atoms with Gasteiger partial charge in [-0.3, -0.25) is 9.36 Å². The van der Waals surface area contributed by atoms with E-state index in [1.165, 1.54) is 18.9 Å². The lowest BCUT2D eigenvalue weighted by molar-refractivity contribution is 0.0601. The molecule has 32 heavy (non-hydrogen) atoms. The van der Waals surface area contributed by atoms with Crippen LogP contribution in [0.3, 0.4) is 0 Å². The van der Waals surface area contributed by atoms with Crippen molar-refractivity contribution in [1.82, 2.24) is 9.55 Å². The van der Waals surface area contributed by atoms with Crippen LogP contribution in [0.5, 0.6) is 5.75 Å². The third-order valence-corrected chi connectivity index (χ3v) is 5.99. The average molecular weight is 451 g/mol. The van der Waals surface area contributed by atoms with Crippen molar-refractivity contribution < 1.29 is 18.7 Å². The van der Waals surface area contributed by atoms with Crippen molar-refractivity contribution in [2.24, 2.45) is 0 Å². The maximum absolute atomic E-state index is 13.3. The van der Waals surface area contributed by atoms with E-state index in [4.69, 9.17) is 18.9 Å². The lowest BCUT2D eigenvalue weighted by Gasteiger charge is -2.13. The van der Waals surface area contributed by atoms with Crippen LogP contribution in [0.25, 0.3) is 10.9 Å². The molecule has 0 fully saturated rings. The number of carbonyl (C=O) groups excluding carboxylic acids is 1. The number of rotatable bonds is 8. The number of aromatic nitrogens is 2. The van der Waals surface area contributed by atoms with E-state index in [0.717, 1.165) is 23.5 Å². The molecule has 0 bridgehead atoms. The Balaban J connectivity index is 1.66. The van der Waals surface area contributed by atoms with Crippen molar-refractivity contribution >= 4 is 28.6 Å². The van der Waals surface area contributed by atoms with E-state index in [0.29, 0.717) is 27.4 Å². The number of methoxy groups -OCH3 is 2. The summed E-state index contributed by atoms with van der Waals surface area (Å²) in [5.74, 6) is 1.73. The Labute approximate surface area is 189 Å². The predicted molar refractivity (Wildman–Crippen MR) is 123 cm³/mol. The zero-order valence-corrected chi connectivity index (χ0v) is 18.6. The smallest absolute Gasteiger partial charge is 0.337 e. The second-order valence-electron chi connectivity index (χ2n) is 7.04. The summed E-state index contributed by atoms with van der Waals surface area (Å²) in [5, 5.41) is 0.998. The number of aryl methyl sites for hydroxylation is 1. The number of ether oxygens (including phenoxy) is 2. The van der Waals surface area contributed by atoms with E-state index in [9.17, 15) is 9.59 Å². The summed E-state index contributed by atoms with van der Waals surface area (Å²) in [5.41, 5.74) is 1.78. The Kier molecular flexibility index (Phi) is 6.61. The molecule has 0 saturated carbocycles. The van der Waals surface area contributed by atoms with Crippen LogP contribution in [0.2, 0.25) is 0 Å². The molecule has 0 aliphatic heterocycles. The molecular weight excluding hydrogens is 428 g/mol. The van der Waals surface area contributed by atoms with Gasteiger partial charge in [-0.15, -0.1) is 0 Å². The predicted octanol–water partition coefficient (Wildman–Crippen LogP) is 4.17. The molecular formula is C24H22N2O5S. The van der Waals surface area contributed by atoms with Crippen LogP contribution >= 0.6 is 11.8 Å². The molecule has 7 nitrogen and oxygen atoms in total. The van der Waals surface area contributed by atoms with Crippen molar-refractivity contribution in [3.05, 3.63) is 88.1 Å². The van der Waals surface area contributed by atoms with Gasteiger partial charge in [-0.2, -0.15) is 0 Å². The zero-order chi connectivity index (χ0) is 22.5. The molecule has 0 aliphatic carbocycles. The highest BCUT2D eigenvalue weighted by atomic mass is 32.2. The van der Waals surface area contributed by atoms with E-state index in [-0.39, 0.29) is 12.1 Å². The summed E-state index contributed by atoms with van der Waals surface area (Å²) in [6, 6.07) is 16.3. The first-order valence-electron chi connectivity index (χ1n) is 10.00. The van der Waals surface area contributed by atoms with Gasteiger partial charge >= 0.3 is 5.97 Å². The molecule has 4 aromatic rings. The van der Waals surface area contributed by atoms with Crippen LogP contribution in [0.15, 0.2) is 75.2 Å². The van der Waals surface area contributed by atoms with Gasteiger partial charge in [0.25, 0.3) is 5.56 Å². The molecule has 8 heteroatoms. The van der Waals surface area contributed by atoms with Gasteiger partial charge in [-0.1, -0.05) is 23.9 Å². The zero-order valence-electron chi connectivity index (χ0n) is 17.7. The monoisotopic (exact) mass is 450 g/mol. The maximum Gasteiger partial charge on any atom is 0.337 e. The molecule has 4 rings (SSSR count). The number of furan rings is 1. The lowest BCUT2D eigenvalue weighted by atomic mass is 10.1. The molecule has 164 valence electrons. The Morgan fingerprint density at radius 1 is 1.12 bits per heavy atom. The standard InChI is InChI=1S/C24H22N2O5S/c1-29-18-8-5-16(6-9-18)11-13-32-24-25-21-14-17(23(28)30-2)7-10-20(21)22(27)26(24)15-19-4-3-12-31-19/h3-10,12,14H,11,13,15H2,1-2H3. The molecule has 0 aliphatic rings. The summed E-state index contributed by atoms with van der Waals surface area (Å²) in [7, 11) is 2.96. The third-order valence-electron chi connectivity index (χ3n) is 5.02. The van der Waals surface area contributed by atoms with E-state index in [1.807, 2.05) is 30.3 Å². The Morgan fingerprint density at radius 3 is 2.62 bits per heavy atom. The minimum Gasteiger partial charge on any atom is -0.497 e. The first-order valence-corrected chi connectivity index (χ1v) is 11.0. The quantitative estimate of drug-likeness (QED) is 0.226. The Morgan fingerprint density at radius 2 is 1.94 bits per heavy atom. The second kappa shape index (κ2) is 9.74. The fourth-order valence-corrected chi connectivity index (χ4v) is 4.29. The number of thioether (sulfide) groups is 1. The van der Waals surface area contributed by atoms with Crippen LogP contribution in [0.4, 0.5) is 0 Å². The average Bonchev–Trinajstić information content (AvgIpc) is 3.34. The highest BCUT2D eigenvalue weighted by Gasteiger charge is 2.15. The van der Waals surface area contributed by atoms with Crippen LogP contribution in [-0.2, 0) is 17.7 Å². The van der Waals surface area contributed by atoms with Gasteiger partial charge in [-0.25, -0.2) is 9.78 Å². The first kappa shape index (κ1) is 21.7. The normalized spacial score (nSPS) is 10.9. The number of hydrogen-bond donors (Lipinski definition) is 0. The highest BCUT2D eigenvalue weighted by molar-refractivity contribution is 7.99. The number of esters is 1. The van der Waals surface area contributed by atoms with E-state index >= 15 is 0 Å². The minimum atomic E-state index is -0.470. The molecule has 0 spiro atoms. The van der Waals surface area contributed by atoms with E-state index < -0.39 is 5.97 Å². The number of benzene rings is 2. The summed E-state index contributed by atoms with van der Waals surface area (Å²) >= 11 is 1.49. The molecule has 0 unspecified atom stereocenters. The fourth-order valence-electron chi connectivity index (χ4n) is 3.31. The molecule has 0 atom stereocenters. The number of nitrogens with zero attached hydrogens (tertiary/aromatic N) is 2. The molecule has 0 amide bonds. The summed E-state index contributed by atoms with van der Waals surface area (Å²) in [4.78, 5) is 29.9. The minimum absolute atomic E-state index is 0.185. The fraction of sp³-hybridized carbons (Fsp3) is 0.208. The van der Waals surface area contributed by atoms with Crippen molar-refractivity contribution in [1.29, 1.82) is 0 Å². The lowest BCUT2D eigenvalue weighted by Crippen LogP contribution is -2.24. The third kappa shape index (κ3) is 4.70. The largest absolute Gasteiger partial charge is 0.497 e. The van der Waals surface area contributed by atoms with E-state index in [1.54, 1.807) is 42.2 Å². The number of hydrogen-bond acceptors (Lipinski definition) is 7. The number of fused-ring (bicyclic) bond motifs is 1.